The molecule has 2 fully saturated rings. The number of nitrogens with zero attached hydrogens (tertiary/aromatic N) is 9. The molecule has 0 amide bonds. The van der Waals surface area contributed by atoms with E-state index in [-0.39, 0.29) is 12.1 Å². The molecule has 22 heteroatoms. The van der Waals surface area contributed by atoms with Gasteiger partial charge < -0.3 is 57.4 Å². The summed E-state index contributed by atoms with van der Waals surface area (Å²) in [6.45, 7) is 14.2. The third-order valence-electron chi connectivity index (χ3n) is 11.0. The van der Waals surface area contributed by atoms with Crippen molar-refractivity contribution < 1.29 is 52.1 Å². The molecule has 1 aliphatic heterocycles. The number of hydrogen-bond donors (Lipinski definition) is 1. The van der Waals surface area contributed by atoms with E-state index in [2.05, 4.69) is 35.7 Å². The first-order valence-electron chi connectivity index (χ1n) is 23.4. The van der Waals surface area contributed by atoms with E-state index in [9.17, 15) is 0 Å². The van der Waals surface area contributed by atoms with E-state index < -0.39 is 0 Å². The number of methoxy groups -OCH3 is 1. The zero-order valence-electron chi connectivity index (χ0n) is 39.1. The first-order chi connectivity index (χ1) is 33.1. The molecule has 1 aliphatic carbocycles. The van der Waals surface area contributed by atoms with Crippen molar-refractivity contribution in [3.8, 4) is 22.8 Å². The molecule has 6 rings (SSSR count). The van der Waals surface area contributed by atoms with Crippen LogP contribution in [-0.4, -0.2) is 196 Å². The van der Waals surface area contributed by atoms with Gasteiger partial charge in [-0.25, -0.2) is 14.6 Å². The quantitative estimate of drug-likeness (QED) is 0.0629. The van der Waals surface area contributed by atoms with Crippen LogP contribution in [0.25, 0.3) is 11.1 Å². The van der Waals surface area contributed by atoms with Crippen LogP contribution < -0.4 is 14.8 Å². The predicted molar refractivity (Wildman–Crippen MR) is 247 cm³/mol. The van der Waals surface area contributed by atoms with Crippen LogP contribution in [0.5, 0.6) is 11.6 Å². The van der Waals surface area contributed by atoms with Crippen molar-refractivity contribution in [1.29, 1.82) is 0 Å². The van der Waals surface area contributed by atoms with Gasteiger partial charge in [-0.15, -0.1) is 10.2 Å². The zero-order chi connectivity index (χ0) is 46.6. The second-order valence-electron chi connectivity index (χ2n) is 15.9. The number of ether oxygens (including phenoxy) is 11. The third kappa shape index (κ3) is 19.4. The summed E-state index contributed by atoms with van der Waals surface area (Å²) in [6.07, 6.45) is 11.8. The van der Waals surface area contributed by atoms with Crippen molar-refractivity contribution in [3.05, 3.63) is 48.1 Å². The van der Waals surface area contributed by atoms with E-state index in [0.29, 0.717) is 153 Å². The number of benzene rings is 1. The smallest absolute Gasteiger partial charge is 0.256 e. The highest BCUT2D eigenvalue weighted by molar-refractivity contribution is 6.32. The summed E-state index contributed by atoms with van der Waals surface area (Å²) in [4.78, 5) is 11.9. The van der Waals surface area contributed by atoms with Gasteiger partial charge >= 0.3 is 0 Å². The Morgan fingerprint density at radius 1 is 0.731 bits per heavy atom. The van der Waals surface area contributed by atoms with Crippen LogP contribution in [-0.2, 0) is 49.2 Å². The van der Waals surface area contributed by atoms with Crippen LogP contribution in [0.2, 0.25) is 5.02 Å². The van der Waals surface area contributed by atoms with Crippen molar-refractivity contribution in [3.63, 3.8) is 0 Å². The maximum atomic E-state index is 6.50. The number of tetrazole rings is 1. The maximum Gasteiger partial charge on any atom is 0.256 e. The van der Waals surface area contributed by atoms with E-state index >= 15 is 0 Å². The Kier molecular flexibility index (Phi) is 24.2. The fourth-order valence-corrected chi connectivity index (χ4v) is 7.66. The van der Waals surface area contributed by atoms with Gasteiger partial charge in [-0.3, -0.25) is 9.58 Å². The number of morpholine rings is 1. The van der Waals surface area contributed by atoms with E-state index in [1.54, 1.807) is 36.6 Å². The number of rotatable bonds is 35. The molecular formula is C45H69ClN10O11. The Morgan fingerprint density at radius 2 is 1.31 bits per heavy atom. The molecule has 0 spiro atoms. The minimum Gasteiger partial charge on any atom is -0.487 e. The van der Waals surface area contributed by atoms with Gasteiger partial charge in [0.2, 0.25) is 5.95 Å². The third-order valence-corrected chi connectivity index (χ3v) is 11.3. The highest BCUT2D eigenvalue weighted by Crippen LogP contribution is 2.35. The van der Waals surface area contributed by atoms with E-state index in [1.807, 2.05) is 29.9 Å². The summed E-state index contributed by atoms with van der Waals surface area (Å²) in [5.74, 6) is 1.46. The Balaban J connectivity index is 0.872. The number of halogens is 1. The van der Waals surface area contributed by atoms with Gasteiger partial charge in [0.15, 0.2) is 0 Å². The van der Waals surface area contributed by atoms with Gasteiger partial charge in [0, 0.05) is 57.2 Å². The zero-order valence-corrected chi connectivity index (χ0v) is 39.8. The van der Waals surface area contributed by atoms with E-state index in [1.165, 1.54) is 0 Å². The summed E-state index contributed by atoms with van der Waals surface area (Å²) in [5.41, 5.74) is 2.36. The molecule has 4 heterocycles. The maximum absolute atomic E-state index is 6.50. The van der Waals surface area contributed by atoms with Gasteiger partial charge in [0.05, 0.1) is 136 Å². The second kappa shape index (κ2) is 31.1. The van der Waals surface area contributed by atoms with Crippen LogP contribution in [0.15, 0.2) is 43.1 Å². The second-order valence-corrected chi connectivity index (χ2v) is 16.4. The van der Waals surface area contributed by atoms with Crippen molar-refractivity contribution in [1.82, 2.24) is 44.9 Å². The highest BCUT2D eigenvalue weighted by Gasteiger charge is 2.29. The number of nitrogens with one attached hydrogen (secondary N) is 1. The van der Waals surface area contributed by atoms with Crippen molar-refractivity contribution >= 4 is 23.2 Å². The molecule has 0 radical (unpaired) electrons. The predicted octanol–water partition coefficient (Wildman–Crippen LogP) is 4.54. The Hall–Kier alpha value is -4.13. The lowest BCUT2D eigenvalue weighted by Crippen LogP contribution is -2.45. The molecule has 372 valence electrons. The molecule has 67 heavy (non-hydrogen) atoms. The van der Waals surface area contributed by atoms with Crippen LogP contribution >= 0.6 is 11.6 Å². The molecular weight excluding hydrogens is 892 g/mol. The van der Waals surface area contributed by atoms with Gasteiger partial charge in [-0.05, 0) is 60.7 Å². The summed E-state index contributed by atoms with van der Waals surface area (Å²) in [6, 6.07) is 6.44. The fraction of sp³-hybridized carbons (Fsp3) is 0.689. The number of aromatic nitrogens is 8. The van der Waals surface area contributed by atoms with Crippen molar-refractivity contribution in [2.75, 3.05) is 144 Å². The highest BCUT2D eigenvalue weighted by atomic mass is 35.5. The fourth-order valence-electron chi connectivity index (χ4n) is 7.50. The van der Waals surface area contributed by atoms with Crippen LogP contribution in [0.1, 0.15) is 45.1 Å². The Bertz CT molecular complexity index is 1890. The molecule has 4 aromatic rings. The summed E-state index contributed by atoms with van der Waals surface area (Å²) in [5, 5.41) is 20.1. The molecule has 1 saturated carbocycles. The summed E-state index contributed by atoms with van der Waals surface area (Å²) >= 11 is 6.50. The first-order valence-corrected chi connectivity index (χ1v) is 23.8. The topological polar surface area (TPSA) is 204 Å². The molecule has 21 nitrogen and oxygen atoms in total. The molecule has 1 N–H and O–H groups in total. The Morgan fingerprint density at radius 3 is 1.90 bits per heavy atom. The van der Waals surface area contributed by atoms with Gasteiger partial charge in [0.1, 0.15) is 23.9 Å². The minimum absolute atomic E-state index is 0.226. The average Bonchev–Trinajstić information content (AvgIpc) is 4.02. The van der Waals surface area contributed by atoms with E-state index in [4.69, 9.17) is 68.8 Å². The van der Waals surface area contributed by atoms with Crippen LogP contribution in [0.4, 0.5) is 11.6 Å². The van der Waals surface area contributed by atoms with Crippen molar-refractivity contribution in [2.45, 2.75) is 63.8 Å². The lowest BCUT2D eigenvalue weighted by Gasteiger charge is -2.38. The molecule has 0 unspecified atom stereocenters. The summed E-state index contributed by atoms with van der Waals surface area (Å²) < 4.78 is 65.4. The Labute approximate surface area is 398 Å². The van der Waals surface area contributed by atoms with Crippen LogP contribution in [0.3, 0.4) is 0 Å². The SMILES string of the molecule is COCCOCCOCCOCCOCCOCCOCCOCCCOc1nn([C@H]2CC[C@H](N3CCOCC3)CC2)cc1Nc1ncc(-c2ccc(Cl)c(O[C@@H](C)Cn3cnnn3)c2)cn1. The molecule has 0 bridgehead atoms. The standard InChI is InChI=1S/C45H69ClN10O11/c1-36(33-55-35-49-52-53-55)67-43-30-37(4-9-41(43)46)38-31-47-45(48-32-38)50-42-34-56(40-7-5-39(6-8-40)54-10-14-59-15-11-54)51-44(42)66-13-3-12-58-18-19-61-22-23-63-26-27-65-29-28-64-25-24-62-21-20-60-17-16-57-2/h4,9,30-32,34-36,39-40H,3,5-8,10-29,33H2,1-2H3,(H,47,48,50)/t36-,39-,40-/m0/s1. The largest absolute Gasteiger partial charge is 0.487 e. The lowest BCUT2D eigenvalue weighted by molar-refractivity contribution is -0.0223. The number of anilines is 2. The molecule has 1 atom stereocenters. The van der Waals surface area contributed by atoms with Crippen molar-refractivity contribution in [2.24, 2.45) is 0 Å². The monoisotopic (exact) mass is 960 g/mol. The minimum atomic E-state index is -0.226. The van der Waals surface area contributed by atoms with Gasteiger partial charge in [0.25, 0.3) is 5.88 Å². The molecule has 3 aromatic heterocycles. The molecule has 1 saturated heterocycles. The normalized spacial score (nSPS) is 17.2. The van der Waals surface area contributed by atoms with E-state index in [0.717, 1.165) is 63.1 Å². The lowest BCUT2D eigenvalue weighted by atomic mass is 9.90. The average molecular weight is 962 g/mol. The van der Waals surface area contributed by atoms with Gasteiger partial charge in [-0.1, -0.05) is 17.7 Å². The van der Waals surface area contributed by atoms with Crippen LogP contribution in [0, 0.1) is 0 Å². The molecule has 1 aromatic carbocycles. The summed E-state index contributed by atoms with van der Waals surface area (Å²) in [7, 11) is 1.65. The number of hydrogen-bond acceptors (Lipinski definition) is 19. The van der Waals surface area contributed by atoms with Gasteiger partial charge in [-0.2, -0.15) is 0 Å². The first kappa shape index (κ1) is 52.2. The molecule has 2 aliphatic rings.